The first kappa shape index (κ1) is 17.9. The van der Waals surface area contributed by atoms with Crippen LogP contribution in [0.25, 0.3) is 0 Å². The summed E-state index contributed by atoms with van der Waals surface area (Å²) in [6, 6.07) is 7.28. The van der Waals surface area contributed by atoms with Crippen LogP contribution in [0.4, 0.5) is 5.69 Å². The fraction of sp³-hybridized carbons (Fsp3) is 0.696. The fourth-order valence-corrected chi connectivity index (χ4v) is 7.09. The summed E-state index contributed by atoms with van der Waals surface area (Å²) >= 11 is 5.75. The molecule has 1 heterocycles. The Hall–Kier alpha value is -1.13. The first-order valence-electron chi connectivity index (χ1n) is 10.9. The van der Waals surface area contributed by atoms with Crippen molar-refractivity contribution in [1.82, 2.24) is 9.80 Å². The monoisotopic (exact) mass is 383 g/mol. The number of aryl methyl sites for hydroxylation is 1. The first-order chi connectivity index (χ1) is 13.1. The van der Waals surface area contributed by atoms with Crippen LogP contribution in [-0.4, -0.2) is 47.1 Å². The molecule has 1 N–H and O–H groups in total. The number of hydrogen-bond acceptors (Lipinski definition) is 2. The van der Waals surface area contributed by atoms with E-state index in [9.17, 15) is 0 Å². The molecule has 6 rings (SSSR count). The molecule has 5 aliphatic rings. The van der Waals surface area contributed by atoms with Crippen molar-refractivity contribution >= 4 is 23.0 Å². The number of piperazine rings is 1. The molecule has 0 spiro atoms. The summed E-state index contributed by atoms with van der Waals surface area (Å²) in [5.41, 5.74) is 3.77. The van der Waals surface area contributed by atoms with E-state index in [4.69, 9.17) is 12.2 Å². The lowest BCUT2D eigenvalue weighted by molar-refractivity contribution is -0.0726. The fourth-order valence-electron chi connectivity index (χ4n) is 6.80. The Balaban J connectivity index is 1.19. The van der Waals surface area contributed by atoms with Crippen molar-refractivity contribution in [3.8, 4) is 0 Å². The maximum Gasteiger partial charge on any atom is 0.173 e. The maximum atomic E-state index is 5.75. The van der Waals surface area contributed by atoms with Crippen molar-refractivity contribution in [3.63, 3.8) is 0 Å². The van der Waals surface area contributed by atoms with E-state index in [0.717, 1.165) is 53.6 Å². The molecule has 146 valence electrons. The van der Waals surface area contributed by atoms with E-state index >= 15 is 0 Å². The molecule has 0 radical (unpaired) electrons. The number of benzene rings is 1. The van der Waals surface area contributed by atoms with E-state index in [1.807, 2.05) is 0 Å². The van der Waals surface area contributed by atoms with Crippen molar-refractivity contribution in [3.05, 3.63) is 29.3 Å². The lowest BCUT2D eigenvalue weighted by Gasteiger charge is -2.58. The molecule has 1 saturated heterocycles. The highest BCUT2D eigenvalue weighted by molar-refractivity contribution is 7.80. The average molecular weight is 384 g/mol. The largest absolute Gasteiger partial charge is 0.346 e. The molecule has 5 fully saturated rings. The predicted octanol–water partition coefficient (Wildman–Crippen LogP) is 4.44. The van der Waals surface area contributed by atoms with Gasteiger partial charge in [0.1, 0.15) is 0 Å². The molecule has 0 atom stereocenters. The van der Waals surface area contributed by atoms with Crippen molar-refractivity contribution < 1.29 is 0 Å². The van der Waals surface area contributed by atoms with Crippen LogP contribution in [-0.2, 0) is 0 Å². The van der Waals surface area contributed by atoms with E-state index in [0.29, 0.717) is 0 Å². The van der Waals surface area contributed by atoms with Crippen LogP contribution in [0.3, 0.4) is 0 Å². The molecule has 0 amide bonds. The van der Waals surface area contributed by atoms with Gasteiger partial charge in [-0.3, -0.25) is 4.90 Å². The van der Waals surface area contributed by atoms with Gasteiger partial charge in [0.15, 0.2) is 5.11 Å². The van der Waals surface area contributed by atoms with Crippen molar-refractivity contribution in [2.45, 2.75) is 52.0 Å². The third kappa shape index (κ3) is 3.29. The molecule has 3 nitrogen and oxygen atoms in total. The van der Waals surface area contributed by atoms with Gasteiger partial charge in [0, 0.05) is 37.9 Å². The van der Waals surface area contributed by atoms with Gasteiger partial charge >= 0.3 is 0 Å². The van der Waals surface area contributed by atoms with Gasteiger partial charge in [-0.05, 0) is 99.0 Å². The molecule has 1 aromatic carbocycles. The third-order valence-corrected chi connectivity index (χ3v) is 8.41. The Morgan fingerprint density at radius 1 is 0.926 bits per heavy atom. The average Bonchev–Trinajstić information content (AvgIpc) is 2.65. The minimum Gasteiger partial charge on any atom is -0.346 e. The van der Waals surface area contributed by atoms with Gasteiger partial charge in [-0.25, -0.2) is 0 Å². The SMILES string of the molecule is Cc1cccc(NC(=S)N2CCN(C3C4CC5CC(C4)CC3C5)CC2)c1C. The number of nitrogens with one attached hydrogen (secondary N) is 1. The first-order valence-corrected chi connectivity index (χ1v) is 11.4. The molecule has 0 aromatic heterocycles. The minimum absolute atomic E-state index is 0.875. The van der Waals surface area contributed by atoms with Crippen LogP contribution >= 0.6 is 12.2 Å². The number of nitrogens with zero attached hydrogens (tertiary/aromatic N) is 2. The van der Waals surface area contributed by atoms with Crippen molar-refractivity contribution in [2.75, 3.05) is 31.5 Å². The number of anilines is 1. The summed E-state index contributed by atoms with van der Waals surface area (Å²) in [5.74, 6) is 4.12. The van der Waals surface area contributed by atoms with Crippen LogP contribution in [0.1, 0.15) is 43.2 Å². The summed E-state index contributed by atoms with van der Waals surface area (Å²) < 4.78 is 0. The molecule has 4 saturated carbocycles. The molecule has 27 heavy (non-hydrogen) atoms. The van der Waals surface area contributed by atoms with E-state index in [-0.39, 0.29) is 0 Å². The summed E-state index contributed by atoms with van der Waals surface area (Å²) in [4.78, 5) is 5.22. The standard InChI is InChI=1S/C23H33N3S/c1-15-4-3-5-21(16(15)2)24-23(27)26-8-6-25(7-9-26)22-19-11-17-10-18(13-19)14-20(22)12-17/h3-5,17-20,22H,6-14H2,1-2H3,(H,24,27). The van der Waals surface area contributed by atoms with Gasteiger partial charge < -0.3 is 10.2 Å². The molecule has 4 aliphatic carbocycles. The van der Waals surface area contributed by atoms with Crippen LogP contribution in [0.2, 0.25) is 0 Å². The summed E-state index contributed by atoms with van der Waals surface area (Å²) in [5, 5.41) is 4.40. The quantitative estimate of drug-likeness (QED) is 0.761. The van der Waals surface area contributed by atoms with Gasteiger partial charge in [-0.15, -0.1) is 0 Å². The Bertz CT molecular complexity index is 694. The molecular formula is C23H33N3S. The summed E-state index contributed by atoms with van der Waals surface area (Å²) in [6.45, 7) is 8.83. The predicted molar refractivity (Wildman–Crippen MR) is 116 cm³/mol. The van der Waals surface area contributed by atoms with Crippen molar-refractivity contribution in [2.24, 2.45) is 23.7 Å². The zero-order valence-electron chi connectivity index (χ0n) is 16.8. The highest BCUT2D eigenvalue weighted by Gasteiger charge is 2.50. The van der Waals surface area contributed by atoms with E-state index in [2.05, 4.69) is 47.2 Å². The molecule has 1 aliphatic heterocycles. The zero-order valence-corrected chi connectivity index (χ0v) is 17.6. The highest BCUT2D eigenvalue weighted by atomic mass is 32.1. The Morgan fingerprint density at radius 3 is 2.19 bits per heavy atom. The van der Waals surface area contributed by atoms with Crippen LogP contribution < -0.4 is 5.32 Å². The normalized spacial score (nSPS) is 35.5. The molecule has 4 heteroatoms. The molecule has 0 unspecified atom stereocenters. The third-order valence-electron chi connectivity index (χ3n) is 8.05. The number of thiocarbonyl (C=S) groups is 1. The van der Waals surface area contributed by atoms with Crippen molar-refractivity contribution in [1.29, 1.82) is 0 Å². The van der Waals surface area contributed by atoms with Gasteiger partial charge in [-0.2, -0.15) is 0 Å². The molecule has 1 aromatic rings. The second-order valence-corrected chi connectivity index (χ2v) is 10.0. The van der Waals surface area contributed by atoms with E-state index < -0.39 is 0 Å². The minimum atomic E-state index is 0.875. The lowest BCUT2D eigenvalue weighted by atomic mass is 9.54. The van der Waals surface area contributed by atoms with Gasteiger partial charge in [0.05, 0.1) is 0 Å². The second kappa shape index (κ2) is 7.04. The topological polar surface area (TPSA) is 18.5 Å². The molecular weight excluding hydrogens is 350 g/mol. The lowest BCUT2D eigenvalue weighted by Crippen LogP contribution is -2.60. The highest BCUT2D eigenvalue weighted by Crippen LogP contribution is 2.55. The summed E-state index contributed by atoms with van der Waals surface area (Å²) in [6.07, 6.45) is 7.62. The van der Waals surface area contributed by atoms with Crippen LogP contribution in [0.5, 0.6) is 0 Å². The zero-order chi connectivity index (χ0) is 18.5. The molecule has 4 bridgehead atoms. The van der Waals surface area contributed by atoms with Gasteiger partial charge in [-0.1, -0.05) is 12.1 Å². The Morgan fingerprint density at radius 2 is 1.56 bits per heavy atom. The summed E-state index contributed by atoms with van der Waals surface area (Å²) in [7, 11) is 0. The number of hydrogen-bond donors (Lipinski definition) is 1. The smallest absolute Gasteiger partial charge is 0.173 e. The van der Waals surface area contributed by atoms with Gasteiger partial charge in [0.25, 0.3) is 0 Å². The van der Waals surface area contributed by atoms with E-state index in [1.54, 1.807) is 6.42 Å². The number of rotatable bonds is 2. The van der Waals surface area contributed by atoms with Gasteiger partial charge in [0.2, 0.25) is 0 Å². The Kier molecular flexibility index (Phi) is 4.68. The van der Waals surface area contributed by atoms with E-state index in [1.165, 1.54) is 49.9 Å². The maximum absolute atomic E-state index is 5.75. The second-order valence-electron chi connectivity index (χ2n) is 9.62. The van der Waals surface area contributed by atoms with Crippen LogP contribution in [0, 0.1) is 37.5 Å². The Labute approximate surface area is 169 Å². The van der Waals surface area contributed by atoms with Crippen LogP contribution in [0.15, 0.2) is 18.2 Å².